The van der Waals surface area contributed by atoms with E-state index in [-0.39, 0.29) is 6.61 Å². The molecular weight excluding hydrogens is 354 g/mol. The molecule has 0 heterocycles. The summed E-state index contributed by atoms with van der Waals surface area (Å²) in [6.07, 6.45) is 6.89. The molecule has 0 amide bonds. The third-order valence-corrected chi connectivity index (χ3v) is 4.72. The Morgan fingerprint density at radius 3 is 2.68 bits per heavy atom. The predicted molar refractivity (Wildman–Crippen MR) is 115 cm³/mol. The maximum Gasteiger partial charge on any atom is 0.144 e. The van der Waals surface area contributed by atoms with E-state index in [0.29, 0.717) is 6.54 Å². The summed E-state index contributed by atoms with van der Waals surface area (Å²) in [6.45, 7) is 2.65. The van der Waals surface area contributed by atoms with E-state index in [1.54, 1.807) is 7.11 Å². The van der Waals surface area contributed by atoms with Crippen LogP contribution < -0.4 is 10.1 Å². The van der Waals surface area contributed by atoms with Crippen molar-refractivity contribution in [2.45, 2.75) is 38.2 Å². The third kappa shape index (κ3) is 8.42. The zero-order valence-corrected chi connectivity index (χ0v) is 17.5. The van der Waals surface area contributed by atoms with Crippen LogP contribution in [0.2, 0.25) is 0 Å². The van der Waals surface area contributed by atoms with Gasteiger partial charge in [0.25, 0.3) is 0 Å². The van der Waals surface area contributed by atoms with Gasteiger partial charge in [0.15, 0.2) is 0 Å². The summed E-state index contributed by atoms with van der Waals surface area (Å²) in [7, 11) is 5.79. The van der Waals surface area contributed by atoms with E-state index >= 15 is 0 Å². The van der Waals surface area contributed by atoms with Gasteiger partial charge in [0.05, 0.1) is 12.8 Å². The van der Waals surface area contributed by atoms with E-state index in [1.165, 1.54) is 12.0 Å². The molecule has 0 bridgehead atoms. The number of nitrogens with one attached hydrogen (secondary N) is 1. The SMILES string of the molecule is COc1ccc(/C=C2\CCCC\C2=N/OC[C@@H](O)CNCCCN(C)C)cc1. The van der Waals surface area contributed by atoms with E-state index in [0.717, 1.165) is 55.8 Å². The largest absolute Gasteiger partial charge is 0.497 e. The van der Waals surface area contributed by atoms with Gasteiger partial charge in [-0.15, -0.1) is 0 Å². The molecule has 1 aromatic carbocycles. The first-order valence-electron chi connectivity index (χ1n) is 10.2. The lowest BCUT2D eigenvalue weighted by atomic mass is 9.91. The molecule has 2 rings (SSSR count). The Labute approximate surface area is 169 Å². The maximum atomic E-state index is 10.0. The molecule has 6 heteroatoms. The molecular formula is C22H35N3O3. The van der Waals surface area contributed by atoms with Gasteiger partial charge in [0.1, 0.15) is 18.5 Å². The molecule has 0 unspecified atom stereocenters. The van der Waals surface area contributed by atoms with Crippen LogP contribution in [0.3, 0.4) is 0 Å². The fourth-order valence-corrected chi connectivity index (χ4v) is 3.12. The molecule has 0 saturated heterocycles. The van der Waals surface area contributed by atoms with Crippen molar-refractivity contribution in [3.63, 3.8) is 0 Å². The molecule has 0 spiro atoms. The van der Waals surface area contributed by atoms with Crippen molar-refractivity contribution in [1.82, 2.24) is 10.2 Å². The number of aliphatic hydroxyl groups excluding tert-OH is 1. The second-order valence-corrected chi connectivity index (χ2v) is 7.50. The van der Waals surface area contributed by atoms with Gasteiger partial charge >= 0.3 is 0 Å². The highest BCUT2D eigenvalue weighted by Crippen LogP contribution is 2.24. The first kappa shape index (κ1) is 22.4. The third-order valence-electron chi connectivity index (χ3n) is 4.72. The summed E-state index contributed by atoms with van der Waals surface area (Å²) in [5, 5.41) is 17.6. The number of ether oxygens (including phenoxy) is 1. The normalized spacial score (nSPS) is 18.6. The van der Waals surface area contributed by atoms with Crippen LogP contribution in [0.15, 0.2) is 35.0 Å². The van der Waals surface area contributed by atoms with Gasteiger partial charge in [-0.2, -0.15) is 0 Å². The maximum absolute atomic E-state index is 10.0. The van der Waals surface area contributed by atoms with Crippen molar-refractivity contribution in [2.24, 2.45) is 5.16 Å². The Morgan fingerprint density at radius 2 is 1.96 bits per heavy atom. The summed E-state index contributed by atoms with van der Waals surface area (Å²) in [5.41, 5.74) is 3.34. The average Bonchev–Trinajstić information content (AvgIpc) is 2.69. The average molecular weight is 390 g/mol. The lowest BCUT2D eigenvalue weighted by molar-refractivity contribution is 0.0400. The van der Waals surface area contributed by atoms with Gasteiger partial charge in [-0.05, 0) is 88.6 Å². The Hall–Kier alpha value is -1.89. The molecule has 1 aromatic rings. The molecule has 156 valence electrons. The standard InChI is InChI=1S/C22H35N3O3/c1-25(2)14-6-13-23-16-20(26)17-28-24-22-8-5-4-7-19(22)15-18-9-11-21(27-3)12-10-18/h9-12,15,20,23,26H,4-8,13-14,16-17H2,1-3H3/b19-15+,24-22+/t20-/m0/s1. The number of rotatable bonds is 11. The van der Waals surface area contributed by atoms with Crippen LogP contribution in [0.5, 0.6) is 5.75 Å². The lowest BCUT2D eigenvalue weighted by Gasteiger charge is -2.17. The van der Waals surface area contributed by atoms with Gasteiger partial charge < -0.3 is 24.9 Å². The molecule has 1 aliphatic carbocycles. The Bertz CT molecular complexity index is 626. The van der Waals surface area contributed by atoms with Gasteiger partial charge in [0, 0.05) is 6.54 Å². The molecule has 1 fully saturated rings. The minimum Gasteiger partial charge on any atom is -0.497 e. The van der Waals surface area contributed by atoms with Crippen molar-refractivity contribution in [1.29, 1.82) is 0 Å². The van der Waals surface area contributed by atoms with Gasteiger partial charge in [-0.3, -0.25) is 0 Å². The summed E-state index contributed by atoms with van der Waals surface area (Å²) in [6, 6.07) is 8.02. The predicted octanol–water partition coefficient (Wildman–Crippen LogP) is 2.93. The zero-order valence-electron chi connectivity index (χ0n) is 17.5. The molecule has 0 aromatic heterocycles. The fraction of sp³-hybridized carbons (Fsp3) is 0.591. The molecule has 0 radical (unpaired) electrons. The van der Waals surface area contributed by atoms with E-state index in [1.807, 2.05) is 24.3 Å². The molecule has 1 atom stereocenters. The molecule has 1 saturated carbocycles. The number of hydrogen-bond acceptors (Lipinski definition) is 6. The number of hydrogen-bond donors (Lipinski definition) is 2. The highest BCUT2D eigenvalue weighted by molar-refractivity contribution is 6.04. The van der Waals surface area contributed by atoms with Crippen LogP contribution in [0.1, 0.15) is 37.7 Å². The van der Waals surface area contributed by atoms with Crippen molar-refractivity contribution < 1.29 is 14.7 Å². The van der Waals surface area contributed by atoms with Gasteiger partial charge in [-0.25, -0.2) is 0 Å². The summed E-state index contributed by atoms with van der Waals surface area (Å²) >= 11 is 0. The summed E-state index contributed by atoms with van der Waals surface area (Å²) in [5.74, 6) is 0.854. The van der Waals surface area contributed by atoms with Gasteiger partial charge in [-0.1, -0.05) is 17.3 Å². The van der Waals surface area contributed by atoms with Crippen LogP contribution in [0.25, 0.3) is 6.08 Å². The van der Waals surface area contributed by atoms with E-state index in [4.69, 9.17) is 9.57 Å². The molecule has 6 nitrogen and oxygen atoms in total. The van der Waals surface area contributed by atoms with Crippen molar-refractivity contribution in [3.05, 3.63) is 35.4 Å². The van der Waals surface area contributed by atoms with Crippen molar-refractivity contribution in [3.8, 4) is 5.75 Å². The number of nitrogens with zero attached hydrogens (tertiary/aromatic N) is 2. The number of aliphatic hydroxyl groups is 1. The van der Waals surface area contributed by atoms with Crippen LogP contribution in [0, 0.1) is 0 Å². The second kappa shape index (κ2) is 12.5. The first-order valence-corrected chi connectivity index (χ1v) is 10.2. The lowest BCUT2D eigenvalue weighted by Crippen LogP contribution is -2.31. The van der Waals surface area contributed by atoms with Crippen LogP contribution in [-0.4, -0.2) is 69.3 Å². The molecule has 2 N–H and O–H groups in total. The van der Waals surface area contributed by atoms with Crippen LogP contribution >= 0.6 is 0 Å². The molecule has 0 aliphatic heterocycles. The number of benzene rings is 1. The molecule has 1 aliphatic rings. The van der Waals surface area contributed by atoms with E-state index in [2.05, 4.69) is 35.5 Å². The number of allylic oxidation sites excluding steroid dienone is 1. The van der Waals surface area contributed by atoms with Crippen LogP contribution in [-0.2, 0) is 4.84 Å². The monoisotopic (exact) mass is 389 g/mol. The highest BCUT2D eigenvalue weighted by Gasteiger charge is 2.14. The smallest absolute Gasteiger partial charge is 0.144 e. The first-order chi connectivity index (χ1) is 13.6. The topological polar surface area (TPSA) is 66.3 Å². The Morgan fingerprint density at radius 1 is 1.21 bits per heavy atom. The highest BCUT2D eigenvalue weighted by atomic mass is 16.6. The fourth-order valence-electron chi connectivity index (χ4n) is 3.12. The summed E-state index contributed by atoms with van der Waals surface area (Å²) < 4.78 is 5.21. The zero-order chi connectivity index (χ0) is 20.2. The minimum absolute atomic E-state index is 0.208. The Balaban J connectivity index is 1.80. The number of methoxy groups -OCH3 is 1. The molecule has 28 heavy (non-hydrogen) atoms. The Kier molecular flexibility index (Phi) is 10.0. The van der Waals surface area contributed by atoms with Gasteiger partial charge in [0.2, 0.25) is 0 Å². The minimum atomic E-state index is -0.554. The van der Waals surface area contributed by atoms with Crippen LogP contribution in [0.4, 0.5) is 0 Å². The number of oxime groups is 1. The quantitative estimate of drug-likeness (QED) is 0.450. The summed E-state index contributed by atoms with van der Waals surface area (Å²) in [4.78, 5) is 7.61. The van der Waals surface area contributed by atoms with Crippen molar-refractivity contribution >= 4 is 11.8 Å². The second-order valence-electron chi connectivity index (χ2n) is 7.50. The van der Waals surface area contributed by atoms with E-state index in [9.17, 15) is 5.11 Å². The van der Waals surface area contributed by atoms with Crippen molar-refractivity contribution in [2.75, 3.05) is 47.4 Å². The van der Waals surface area contributed by atoms with E-state index < -0.39 is 6.10 Å².